The second-order valence-corrected chi connectivity index (χ2v) is 4.59. The van der Waals surface area contributed by atoms with Crippen LogP contribution in [0.25, 0.3) is 0 Å². The van der Waals surface area contributed by atoms with Gasteiger partial charge in [-0.3, -0.25) is 0 Å². The smallest absolute Gasteiger partial charge is 0.119 e. The van der Waals surface area contributed by atoms with Gasteiger partial charge in [-0.05, 0) is 49.6 Å². The summed E-state index contributed by atoms with van der Waals surface area (Å²) in [5.41, 5.74) is 0.179. The van der Waals surface area contributed by atoms with Crippen molar-refractivity contribution in [2.75, 3.05) is 0 Å². The third-order valence-corrected chi connectivity index (χ3v) is 2.89. The molecular formula is C15H21O3-. The van der Waals surface area contributed by atoms with Crippen molar-refractivity contribution in [2.24, 2.45) is 0 Å². The summed E-state index contributed by atoms with van der Waals surface area (Å²) in [6.45, 7) is 4.23. The Morgan fingerprint density at radius 2 is 1.89 bits per heavy atom. The standard InChI is InChI=1S/C15H22O3/c1-3-4-5-6-7-12(2)18-14-10-8-13(9-11-14)15(16)17/h8-12H,3-7H2,1-2H3,(H,16,17)/p-1. The first-order valence-corrected chi connectivity index (χ1v) is 6.61. The zero-order valence-electron chi connectivity index (χ0n) is 11.1. The minimum absolute atomic E-state index is 0.163. The molecule has 3 heteroatoms. The van der Waals surface area contributed by atoms with Gasteiger partial charge in [0.1, 0.15) is 5.75 Å². The number of carboxylic acid groups (broad SMARTS) is 1. The van der Waals surface area contributed by atoms with E-state index in [9.17, 15) is 9.90 Å². The lowest BCUT2D eigenvalue weighted by Crippen LogP contribution is -2.22. The Morgan fingerprint density at radius 1 is 1.22 bits per heavy atom. The Bertz CT molecular complexity index is 357. The van der Waals surface area contributed by atoms with Gasteiger partial charge in [0.2, 0.25) is 0 Å². The van der Waals surface area contributed by atoms with Crippen molar-refractivity contribution >= 4 is 5.97 Å². The average molecular weight is 249 g/mol. The Morgan fingerprint density at radius 3 is 2.44 bits per heavy atom. The number of rotatable bonds is 8. The number of benzene rings is 1. The first-order valence-electron chi connectivity index (χ1n) is 6.61. The van der Waals surface area contributed by atoms with Crippen molar-refractivity contribution in [2.45, 2.75) is 52.1 Å². The van der Waals surface area contributed by atoms with Crippen molar-refractivity contribution in [1.82, 2.24) is 0 Å². The van der Waals surface area contributed by atoms with E-state index in [1.807, 2.05) is 6.92 Å². The number of hydrogen-bond acceptors (Lipinski definition) is 3. The third-order valence-electron chi connectivity index (χ3n) is 2.89. The summed E-state index contributed by atoms with van der Waals surface area (Å²) in [4.78, 5) is 10.6. The van der Waals surface area contributed by atoms with Gasteiger partial charge in [-0.25, -0.2) is 0 Å². The lowest BCUT2D eigenvalue weighted by Gasteiger charge is -2.15. The number of carbonyl (C=O) groups is 1. The fourth-order valence-corrected chi connectivity index (χ4v) is 1.82. The molecule has 0 fully saturated rings. The molecular weight excluding hydrogens is 228 g/mol. The molecule has 0 aliphatic carbocycles. The summed E-state index contributed by atoms with van der Waals surface area (Å²) in [5, 5.41) is 10.6. The summed E-state index contributed by atoms with van der Waals surface area (Å²) in [6.07, 6.45) is 6.12. The number of aromatic carboxylic acids is 1. The molecule has 0 aliphatic heterocycles. The number of unbranched alkanes of at least 4 members (excludes halogenated alkanes) is 3. The lowest BCUT2D eigenvalue weighted by atomic mass is 10.1. The van der Waals surface area contributed by atoms with Gasteiger partial charge >= 0.3 is 0 Å². The predicted molar refractivity (Wildman–Crippen MR) is 69.6 cm³/mol. The summed E-state index contributed by atoms with van der Waals surface area (Å²) in [6, 6.07) is 6.37. The molecule has 1 atom stereocenters. The van der Waals surface area contributed by atoms with E-state index in [0.29, 0.717) is 5.75 Å². The number of carboxylic acids is 1. The lowest BCUT2D eigenvalue weighted by molar-refractivity contribution is -0.255. The number of carbonyl (C=O) groups excluding carboxylic acids is 1. The zero-order chi connectivity index (χ0) is 13.4. The van der Waals surface area contributed by atoms with E-state index >= 15 is 0 Å². The fraction of sp³-hybridized carbons (Fsp3) is 0.533. The van der Waals surface area contributed by atoms with Crippen LogP contribution in [-0.4, -0.2) is 12.1 Å². The maximum Gasteiger partial charge on any atom is 0.119 e. The third kappa shape index (κ3) is 5.21. The molecule has 0 bridgehead atoms. The average Bonchev–Trinajstić information content (AvgIpc) is 2.35. The van der Waals surface area contributed by atoms with Crippen molar-refractivity contribution in [1.29, 1.82) is 0 Å². The molecule has 18 heavy (non-hydrogen) atoms. The van der Waals surface area contributed by atoms with Crippen LogP contribution < -0.4 is 9.84 Å². The molecule has 1 aromatic rings. The van der Waals surface area contributed by atoms with Crippen molar-refractivity contribution in [3.63, 3.8) is 0 Å². The molecule has 0 saturated carbocycles. The van der Waals surface area contributed by atoms with Crippen LogP contribution in [0, 0.1) is 0 Å². The zero-order valence-corrected chi connectivity index (χ0v) is 11.1. The van der Waals surface area contributed by atoms with Crippen LogP contribution in [-0.2, 0) is 0 Å². The molecule has 100 valence electrons. The highest BCUT2D eigenvalue weighted by molar-refractivity contribution is 5.85. The summed E-state index contributed by atoms with van der Waals surface area (Å²) in [5.74, 6) is -0.447. The largest absolute Gasteiger partial charge is 0.545 e. The minimum Gasteiger partial charge on any atom is -0.545 e. The van der Waals surface area contributed by atoms with Gasteiger partial charge in [0.05, 0.1) is 12.1 Å². The van der Waals surface area contributed by atoms with Crippen LogP contribution >= 0.6 is 0 Å². The SMILES string of the molecule is CCCCCCC(C)Oc1ccc(C(=O)[O-])cc1. The molecule has 0 N–H and O–H groups in total. The fourth-order valence-electron chi connectivity index (χ4n) is 1.82. The van der Waals surface area contributed by atoms with Crippen molar-refractivity contribution < 1.29 is 14.6 Å². The quantitative estimate of drug-likeness (QED) is 0.666. The highest BCUT2D eigenvalue weighted by Crippen LogP contribution is 2.16. The molecule has 1 aromatic carbocycles. The maximum atomic E-state index is 10.6. The van der Waals surface area contributed by atoms with Crippen LogP contribution in [0.4, 0.5) is 0 Å². The Labute approximate surface area is 109 Å². The van der Waals surface area contributed by atoms with Crippen LogP contribution in [0.1, 0.15) is 56.3 Å². The molecule has 1 rings (SSSR count). The van der Waals surface area contributed by atoms with E-state index in [4.69, 9.17) is 4.74 Å². The molecule has 0 aliphatic rings. The van der Waals surface area contributed by atoms with Gasteiger partial charge in [0, 0.05) is 0 Å². The molecule has 3 nitrogen and oxygen atoms in total. The summed E-state index contributed by atoms with van der Waals surface area (Å²) in [7, 11) is 0. The molecule has 1 unspecified atom stereocenters. The summed E-state index contributed by atoms with van der Waals surface area (Å²) < 4.78 is 5.72. The Kier molecular flexibility index (Phi) is 6.26. The highest BCUT2D eigenvalue weighted by atomic mass is 16.5. The van der Waals surface area contributed by atoms with E-state index in [2.05, 4.69) is 6.92 Å². The van der Waals surface area contributed by atoms with E-state index in [1.165, 1.54) is 37.8 Å². The monoisotopic (exact) mass is 249 g/mol. The highest BCUT2D eigenvalue weighted by Gasteiger charge is 2.04. The molecule has 0 heterocycles. The second kappa shape index (κ2) is 7.75. The van der Waals surface area contributed by atoms with Gasteiger partial charge in [-0.15, -0.1) is 0 Å². The van der Waals surface area contributed by atoms with E-state index in [-0.39, 0.29) is 11.7 Å². The Hall–Kier alpha value is -1.51. The van der Waals surface area contributed by atoms with Gasteiger partial charge in [-0.1, -0.05) is 26.2 Å². The maximum absolute atomic E-state index is 10.6. The number of hydrogen-bond donors (Lipinski definition) is 0. The van der Waals surface area contributed by atoms with Crippen LogP contribution in [0.15, 0.2) is 24.3 Å². The first kappa shape index (κ1) is 14.6. The molecule has 0 radical (unpaired) electrons. The van der Waals surface area contributed by atoms with Gasteiger partial charge < -0.3 is 14.6 Å². The molecule has 0 spiro atoms. The van der Waals surface area contributed by atoms with Crippen molar-refractivity contribution in [3.05, 3.63) is 29.8 Å². The Balaban J connectivity index is 2.35. The first-order chi connectivity index (χ1) is 8.63. The van der Waals surface area contributed by atoms with Gasteiger partial charge in [-0.2, -0.15) is 0 Å². The van der Waals surface area contributed by atoms with E-state index in [0.717, 1.165) is 6.42 Å². The second-order valence-electron chi connectivity index (χ2n) is 4.59. The molecule has 0 saturated heterocycles. The van der Waals surface area contributed by atoms with E-state index < -0.39 is 5.97 Å². The van der Waals surface area contributed by atoms with Gasteiger partial charge in [0.25, 0.3) is 0 Å². The van der Waals surface area contributed by atoms with Gasteiger partial charge in [0.15, 0.2) is 0 Å². The van der Waals surface area contributed by atoms with E-state index in [1.54, 1.807) is 12.1 Å². The minimum atomic E-state index is -1.16. The predicted octanol–water partition coefficient (Wildman–Crippen LogP) is 2.79. The molecule has 0 amide bonds. The normalized spacial score (nSPS) is 12.1. The van der Waals surface area contributed by atoms with Crippen LogP contribution in [0.2, 0.25) is 0 Å². The topological polar surface area (TPSA) is 49.4 Å². The number of ether oxygens (including phenoxy) is 1. The van der Waals surface area contributed by atoms with Crippen LogP contribution in [0.3, 0.4) is 0 Å². The van der Waals surface area contributed by atoms with Crippen LogP contribution in [0.5, 0.6) is 5.75 Å². The summed E-state index contributed by atoms with van der Waals surface area (Å²) >= 11 is 0. The van der Waals surface area contributed by atoms with Crippen molar-refractivity contribution in [3.8, 4) is 5.75 Å². The molecule has 0 aromatic heterocycles.